The van der Waals surface area contributed by atoms with Crippen LogP contribution in [0.4, 0.5) is 11.4 Å². The molecule has 360 valence electrons. The minimum absolute atomic E-state index is 0.206. The number of rotatable bonds is 10. The SMILES string of the molecule is CCc1cc(-c2nc(-c3cc(CC)c4c(c3CC)c3ccccc3n4-c3c(C)cccc3C)nc(-c3c(C)cc(-c4ccccc4C)c(C)c3C)n2)c(CC)c2c1N(c1c(C)cccc1C)C1CC=CC=C21. The lowest BCUT2D eigenvalue weighted by Crippen LogP contribution is -2.29. The van der Waals surface area contributed by atoms with Crippen molar-refractivity contribution >= 4 is 38.8 Å². The normalized spacial score (nSPS) is 14.1. The topological polar surface area (TPSA) is 46.8 Å². The lowest BCUT2D eigenvalue weighted by molar-refractivity contribution is 0.820. The quantitative estimate of drug-likeness (QED) is 0.137. The van der Waals surface area contributed by atoms with Gasteiger partial charge >= 0.3 is 0 Å². The molecule has 0 N–H and O–H groups in total. The molecule has 0 radical (unpaired) electrons. The average molecular weight is 942 g/mol. The van der Waals surface area contributed by atoms with Crippen LogP contribution in [0.25, 0.3) is 78.4 Å². The molecule has 5 nitrogen and oxygen atoms in total. The molecule has 1 aliphatic carbocycles. The first-order valence-corrected chi connectivity index (χ1v) is 26.4. The number of para-hydroxylation sites is 3. The molecule has 1 aliphatic heterocycles. The van der Waals surface area contributed by atoms with Gasteiger partial charge in [0.15, 0.2) is 17.5 Å². The maximum absolute atomic E-state index is 5.76. The maximum atomic E-state index is 5.76. The largest absolute Gasteiger partial charge is 0.332 e. The van der Waals surface area contributed by atoms with Crippen LogP contribution in [-0.4, -0.2) is 25.6 Å². The minimum atomic E-state index is 0.206. The third-order valence-corrected chi connectivity index (χ3v) is 16.3. The fourth-order valence-corrected chi connectivity index (χ4v) is 12.8. The second kappa shape index (κ2) is 18.3. The molecule has 0 saturated heterocycles. The van der Waals surface area contributed by atoms with E-state index < -0.39 is 0 Å². The Morgan fingerprint density at radius 1 is 0.486 bits per heavy atom. The molecule has 0 saturated carbocycles. The molecule has 5 heteroatoms. The van der Waals surface area contributed by atoms with Gasteiger partial charge in [-0.2, -0.15) is 0 Å². The summed E-state index contributed by atoms with van der Waals surface area (Å²) in [6.07, 6.45) is 11.3. The lowest BCUT2D eigenvalue weighted by atomic mass is 9.87. The molecule has 0 bridgehead atoms. The Kier molecular flexibility index (Phi) is 12.0. The number of hydrogen-bond acceptors (Lipinski definition) is 4. The van der Waals surface area contributed by atoms with E-state index in [4.69, 9.17) is 15.0 Å². The van der Waals surface area contributed by atoms with Crippen LogP contribution in [0.3, 0.4) is 0 Å². The van der Waals surface area contributed by atoms with Gasteiger partial charge in [0.2, 0.25) is 0 Å². The van der Waals surface area contributed by atoms with E-state index in [0.717, 1.165) is 71.8 Å². The summed E-state index contributed by atoms with van der Waals surface area (Å²) >= 11 is 0. The van der Waals surface area contributed by atoms with Crippen LogP contribution >= 0.6 is 0 Å². The molecule has 0 spiro atoms. The van der Waals surface area contributed by atoms with Crippen LogP contribution in [0.1, 0.15) is 106 Å². The number of fused-ring (bicyclic) bond motifs is 6. The van der Waals surface area contributed by atoms with Gasteiger partial charge in [-0.25, -0.2) is 15.0 Å². The van der Waals surface area contributed by atoms with Crippen LogP contribution in [-0.2, 0) is 25.7 Å². The molecule has 7 aromatic carbocycles. The Morgan fingerprint density at radius 3 is 1.72 bits per heavy atom. The van der Waals surface area contributed by atoms with Crippen LogP contribution < -0.4 is 4.90 Å². The van der Waals surface area contributed by atoms with Crippen LogP contribution in [0.5, 0.6) is 0 Å². The van der Waals surface area contributed by atoms with Gasteiger partial charge in [0.1, 0.15) is 0 Å². The van der Waals surface area contributed by atoms with Gasteiger partial charge in [0.05, 0.1) is 28.5 Å². The zero-order chi connectivity index (χ0) is 50.3. The zero-order valence-corrected chi connectivity index (χ0v) is 44.4. The van der Waals surface area contributed by atoms with Crippen molar-refractivity contribution in [3.05, 3.63) is 194 Å². The second-order valence-electron chi connectivity index (χ2n) is 20.5. The van der Waals surface area contributed by atoms with Crippen molar-refractivity contribution in [3.63, 3.8) is 0 Å². The molecule has 2 aliphatic rings. The Bertz CT molecular complexity index is 3720. The summed E-state index contributed by atoms with van der Waals surface area (Å²) in [6.45, 7) is 27.2. The second-order valence-corrected chi connectivity index (χ2v) is 20.5. The molecule has 9 aromatic rings. The van der Waals surface area contributed by atoms with E-state index >= 15 is 0 Å². The average Bonchev–Trinajstić information content (AvgIpc) is 3.90. The first-order valence-electron chi connectivity index (χ1n) is 26.4. The summed E-state index contributed by atoms with van der Waals surface area (Å²) in [5.74, 6) is 2.18. The van der Waals surface area contributed by atoms with Crippen molar-refractivity contribution < 1.29 is 0 Å². The summed E-state index contributed by atoms with van der Waals surface area (Å²) in [5, 5.41) is 2.54. The summed E-state index contributed by atoms with van der Waals surface area (Å²) in [4.78, 5) is 19.8. The highest BCUT2D eigenvalue weighted by molar-refractivity contribution is 6.14. The van der Waals surface area contributed by atoms with E-state index in [0.29, 0.717) is 0 Å². The number of anilines is 2. The predicted molar refractivity (Wildman–Crippen MR) is 305 cm³/mol. The van der Waals surface area contributed by atoms with Crippen molar-refractivity contribution in [3.8, 4) is 51.0 Å². The number of nitrogens with zero attached hydrogens (tertiary/aromatic N) is 5. The van der Waals surface area contributed by atoms with Gasteiger partial charge in [-0.05, 0) is 189 Å². The standard InChI is InChI=1S/C67H67N5/c1-13-46-36-54(48(15-3)59-51-31-19-21-33-56(51)71(63(46)59)61-39(6)26-23-27-40(61)7)65-68-66(70-67(69-65)58-43(10)35-53(44(11)45(58)12)50-30-18-17-25-38(50)5)55-37-47(14-2)64-60(49(55)16-4)52-32-20-22-34-57(52)72(64)62-41(8)28-24-29-42(62)9/h17-33,35-37,57H,13-16,34H2,1-12H3. The fourth-order valence-electron chi connectivity index (χ4n) is 12.8. The predicted octanol–water partition coefficient (Wildman–Crippen LogP) is 17.2. The molecule has 0 fully saturated rings. The van der Waals surface area contributed by atoms with E-state index in [1.807, 2.05) is 0 Å². The lowest BCUT2D eigenvalue weighted by Gasteiger charge is -2.32. The van der Waals surface area contributed by atoms with Gasteiger partial charge in [-0.1, -0.05) is 131 Å². The highest BCUT2D eigenvalue weighted by atomic mass is 15.2. The molecule has 3 heterocycles. The monoisotopic (exact) mass is 942 g/mol. The molecule has 2 aromatic heterocycles. The molecule has 72 heavy (non-hydrogen) atoms. The highest BCUT2D eigenvalue weighted by Crippen LogP contribution is 2.54. The van der Waals surface area contributed by atoms with Crippen molar-refractivity contribution in [2.75, 3.05) is 4.90 Å². The van der Waals surface area contributed by atoms with Gasteiger partial charge in [-0.3, -0.25) is 0 Å². The third-order valence-electron chi connectivity index (χ3n) is 16.3. The fraction of sp³-hybridized carbons (Fsp3) is 0.269. The van der Waals surface area contributed by atoms with E-state index in [9.17, 15) is 0 Å². The number of benzene rings is 7. The van der Waals surface area contributed by atoms with Crippen molar-refractivity contribution in [2.24, 2.45) is 0 Å². The van der Waals surface area contributed by atoms with Gasteiger partial charge in [-0.15, -0.1) is 0 Å². The molecular weight excluding hydrogens is 875 g/mol. The number of aryl methyl sites for hydroxylation is 9. The van der Waals surface area contributed by atoms with Gasteiger partial charge < -0.3 is 9.47 Å². The molecule has 1 atom stereocenters. The molecule has 11 rings (SSSR count). The Morgan fingerprint density at radius 2 is 1.07 bits per heavy atom. The van der Waals surface area contributed by atoms with E-state index in [2.05, 4.69) is 214 Å². The van der Waals surface area contributed by atoms with Crippen molar-refractivity contribution in [1.82, 2.24) is 19.5 Å². The van der Waals surface area contributed by atoms with Gasteiger partial charge in [0, 0.05) is 38.7 Å². The molecule has 0 amide bonds. The van der Waals surface area contributed by atoms with Crippen molar-refractivity contribution in [1.29, 1.82) is 0 Å². The Balaban J connectivity index is 1.24. The van der Waals surface area contributed by atoms with Crippen LogP contribution in [0, 0.1) is 55.4 Å². The van der Waals surface area contributed by atoms with E-state index in [1.54, 1.807) is 0 Å². The van der Waals surface area contributed by atoms with Crippen LogP contribution in [0.15, 0.2) is 121 Å². The Hall–Kier alpha value is -7.37. The van der Waals surface area contributed by atoms with Crippen molar-refractivity contribution in [2.45, 2.75) is 121 Å². The first kappa shape index (κ1) is 47.0. The minimum Gasteiger partial charge on any atom is -0.332 e. The smallest absolute Gasteiger partial charge is 0.164 e. The summed E-state index contributed by atoms with van der Waals surface area (Å²) < 4.78 is 2.54. The zero-order valence-electron chi connectivity index (χ0n) is 44.4. The highest BCUT2D eigenvalue weighted by Gasteiger charge is 2.40. The molecule has 1 unspecified atom stereocenters. The maximum Gasteiger partial charge on any atom is 0.164 e. The number of hydrogen-bond donors (Lipinski definition) is 0. The summed E-state index contributed by atoms with van der Waals surface area (Å²) in [7, 11) is 0. The summed E-state index contributed by atoms with van der Waals surface area (Å²) in [6, 6.07) is 38.5. The van der Waals surface area contributed by atoms with E-state index in [-0.39, 0.29) is 6.04 Å². The first-order chi connectivity index (χ1) is 34.9. The van der Waals surface area contributed by atoms with E-state index in [1.165, 1.54) is 122 Å². The number of allylic oxidation sites excluding steroid dienone is 2. The number of aromatic nitrogens is 4. The Labute approximate surface area is 427 Å². The van der Waals surface area contributed by atoms with Gasteiger partial charge in [0.25, 0.3) is 0 Å². The van der Waals surface area contributed by atoms with Crippen LogP contribution in [0.2, 0.25) is 0 Å². The molecular formula is C67H67N5. The summed E-state index contributed by atoms with van der Waals surface area (Å²) in [5.41, 5.74) is 30.0. The third kappa shape index (κ3) is 7.21.